The number of thiazole rings is 1. The number of rotatable bonds is 8. The molecule has 0 amide bonds. The molecule has 28 heavy (non-hydrogen) atoms. The maximum Gasteiger partial charge on any atom is 0.387 e. The Morgan fingerprint density at radius 2 is 2.11 bits per heavy atom. The van der Waals surface area contributed by atoms with E-state index in [1.165, 1.54) is 36.6 Å². The number of methoxy groups -OCH3 is 1. The van der Waals surface area contributed by atoms with Crippen LogP contribution in [0.4, 0.5) is 8.78 Å². The molecular weight excluding hydrogens is 396 g/mol. The van der Waals surface area contributed by atoms with Crippen molar-refractivity contribution in [1.29, 1.82) is 0 Å². The minimum Gasteiger partial charge on any atom is -0.493 e. The normalized spacial score (nSPS) is 10.9. The molecule has 0 aliphatic heterocycles. The second-order valence-electron chi connectivity index (χ2n) is 5.45. The number of halogens is 2. The molecule has 0 unspecified atom stereocenters. The van der Waals surface area contributed by atoms with Crippen molar-refractivity contribution in [3.63, 3.8) is 0 Å². The Hall–Kier alpha value is -3.08. The van der Waals surface area contributed by atoms with Crippen molar-refractivity contribution in [3.05, 3.63) is 40.2 Å². The van der Waals surface area contributed by atoms with E-state index >= 15 is 0 Å². The highest BCUT2D eigenvalue weighted by atomic mass is 32.1. The summed E-state index contributed by atoms with van der Waals surface area (Å²) in [5, 5.41) is 6.44. The van der Waals surface area contributed by atoms with Gasteiger partial charge < -0.3 is 18.7 Å². The number of hydrogen-bond acceptors (Lipinski definition) is 9. The van der Waals surface area contributed by atoms with Crippen molar-refractivity contribution in [2.75, 3.05) is 7.11 Å². The molecule has 0 N–H and O–H groups in total. The van der Waals surface area contributed by atoms with Gasteiger partial charge in [0.05, 0.1) is 24.2 Å². The van der Waals surface area contributed by atoms with Crippen molar-refractivity contribution >= 4 is 17.3 Å². The number of ether oxygens (including phenoxy) is 3. The fourth-order valence-electron chi connectivity index (χ4n) is 2.26. The van der Waals surface area contributed by atoms with Crippen molar-refractivity contribution in [1.82, 2.24) is 15.1 Å². The third-order valence-electron chi connectivity index (χ3n) is 3.45. The summed E-state index contributed by atoms with van der Waals surface area (Å²) >= 11 is 1.45. The molecule has 0 aliphatic rings. The predicted octanol–water partition coefficient (Wildman–Crippen LogP) is 3.40. The van der Waals surface area contributed by atoms with E-state index in [0.29, 0.717) is 11.3 Å². The average Bonchev–Trinajstić information content (AvgIpc) is 3.29. The molecule has 2 aromatic heterocycles. The zero-order chi connectivity index (χ0) is 20.1. The quantitative estimate of drug-likeness (QED) is 0.521. The van der Waals surface area contributed by atoms with E-state index in [1.807, 2.05) is 6.92 Å². The highest BCUT2D eigenvalue weighted by Crippen LogP contribution is 2.32. The van der Waals surface area contributed by atoms with Crippen LogP contribution in [0.5, 0.6) is 11.5 Å². The number of aromatic nitrogens is 3. The molecule has 0 bridgehead atoms. The van der Waals surface area contributed by atoms with Crippen LogP contribution in [0.1, 0.15) is 16.6 Å². The molecule has 0 fully saturated rings. The lowest BCUT2D eigenvalue weighted by molar-refractivity contribution is -0.144. The lowest BCUT2D eigenvalue weighted by Crippen LogP contribution is -2.08. The van der Waals surface area contributed by atoms with Crippen LogP contribution in [0.3, 0.4) is 0 Å². The van der Waals surface area contributed by atoms with Gasteiger partial charge in [-0.3, -0.25) is 4.79 Å². The number of nitrogens with zero attached hydrogens (tertiary/aromatic N) is 3. The Kier molecular flexibility index (Phi) is 6.14. The SMILES string of the molecule is COc1cc(-c2noc(COC(=O)Cc3csc(C)n3)n2)ccc1OC(F)F. The highest BCUT2D eigenvalue weighted by molar-refractivity contribution is 7.09. The second-order valence-corrected chi connectivity index (χ2v) is 6.51. The number of benzene rings is 1. The van der Waals surface area contributed by atoms with E-state index in [0.717, 1.165) is 5.01 Å². The van der Waals surface area contributed by atoms with Crippen LogP contribution in [0.25, 0.3) is 11.4 Å². The third-order valence-corrected chi connectivity index (χ3v) is 4.28. The Morgan fingerprint density at radius 1 is 1.29 bits per heavy atom. The summed E-state index contributed by atoms with van der Waals surface area (Å²) in [5.74, 6) is -0.224. The van der Waals surface area contributed by atoms with E-state index in [9.17, 15) is 13.6 Å². The van der Waals surface area contributed by atoms with Crippen molar-refractivity contribution in [2.45, 2.75) is 26.6 Å². The molecule has 3 aromatic rings. The zero-order valence-corrected chi connectivity index (χ0v) is 15.7. The molecule has 0 saturated carbocycles. The van der Waals surface area contributed by atoms with Crippen LogP contribution < -0.4 is 9.47 Å². The van der Waals surface area contributed by atoms with Crippen LogP contribution in [0, 0.1) is 6.92 Å². The van der Waals surface area contributed by atoms with Gasteiger partial charge in [0.25, 0.3) is 5.89 Å². The maximum atomic E-state index is 12.4. The molecule has 1 aromatic carbocycles. The first-order chi connectivity index (χ1) is 13.4. The van der Waals surface area contributed by atoms with Gasteiger partial charge in [-0.25, -0.2) is 4.98 Å². The molecule has 11 heteroatoms. The Bertz CT molecular complexity index is 960. The first-order valence-electron chi connectivity index (χ1n) is 7.97. The molecule has 148 valence electrons. The largest absolute Gasteiger partial charge is 0.493 e. The fourth-order valence-corrected chi connectivity index (χ4v) is 2.87. The molecule has 2 heterocycles. The van der Waals surface area contributed by atoms with Crippen LogP contribution in [-0.2, 0) is 22.6 Å². The summed E-state index contributed by atoms with van der Waals surface area (Å²) in [5.41, 5.74) is 1.09. The van der Waals surface area contributed by atoms with Gasteiger partial charge in [-0.05, 0) is 25.1 Å². The first kappa shape index (κ1) is 19.7. The summed E-state index contributed by atoms with van der Waals surface area (Å²) < 4.78 is 44.3. The summed E-state index contributed by atoms with van der Waals surface area (Å²) in [4.78, 5) is 20.1. The minimum absolute atomic E-state index is 0.0497. The zero-order valence-electron chi connectivity index (χ0n) is 14.8. The molecule has 0 atom stereocenters. The van der Waals surface area contributed by atoms with E-state index in [4.69, 9.17) is 14.0 Å². The van der Waals surface area contributed by atoms with Crippen LogP contribution in [-0.4, -0.2) is 34.8 Å². The second kappa shape index (κ2) is 8.74. The Morgan fingerprint density at radius 3 is 2.79 bits per heavy atom. The number of hydrogen-bond donors (Lipinski definition) is 0. The van der Waals surface area contributed by atoms with Gasteiger partial charge in [-0.1, -0.05) is 5.16 Å². The van der Waals surface area contributed by atoms with E-state index in [1.54, 1.807) is 5.38 Å². The van der Waals surface area contributed by atoms with Gasteiger partial charge >= 0.3 is 12.6 Å². The molecule has 0 saturated heterocycles. The van der Waals surface area contributed by atoms with E-state index < -0.39 is 12.6 Å². The lowest BCUT2D eigenvalue weighted by atomic mass is 10.2. The van der Waals surface area contributed by atoms with Crippen molar-refractivity contribution < 1.29 is 32.3 Å². The van der Waals surface area contributed by atoms with E-state index in [2.05, 4.69) is 19.9 Å². The smallest absolute Gasteiger partial charge is 0.387 e. The van der Waals surface area contributed by atoms with Gasteiger partial charge in [0.15, 0.2) is 18.1 Å². The van der Waals surface area contributed by atoms with Crippen molar-refractivity contribution in [3.8, 4) is 22.9 Å². The summed E-state index contributed by atoms with van der Waals surface area (Å²) in [7, 11) is 1.32. The minimum atomic E-state index is -2.97. The van der Waals surface area contributed by atoms with E-state index in [-0.39, 0.29) is 36.2 Å². The van der Waals surface area contributed by atoms with Gasteiger partial charge in [-0.2, -0.15) is 13.8 Å². The summed E-state index contributed by atoms with van der Waals surface area (Å²) in [6.45, 7) is -1.32. The number of carbonyl (C=O) groups is 1. The molecule has 0 aliphatic carbocycles. The number of aryl methyl sites for hydroxylation is 1. The topological polar surface area (TPSA) is 96.6 Å². The molecule has 3 rings (SSSR count). The monoisotopic (exact) mass is 411 g/mol. The fraction of sp³-hybridized carbons (Fsp3) is 0.294. The Labute approximate surface area is 162 Å². The molecule has 8 nitrogen and oxygen atoms in total. The van der Waals surface area contributed by atoms with Gasteiger partial charge in [-0.15, -0.1) is 11.3 Å². The number of alkyl halides is 2. The summed E-state index contributed by atoms with van der Waals surface area (Å²) in [6, 6.07) is 4.22. The van der Waals surface area contributed by atoms with Gasteiger partial charge in [0.2, 0.25) is 5.82 Å². The maximum absolute atomic E-state index is 12.4. The van der Waals surface area contributed by atoms with Crippen LogP contribution in [0.2, 0.25) is 0 Å². The molecular formula is C17H15F2N3O5S. The number of carbonyl (C=O) groups excluding carboxylic acids is 1. The van der Waals surface area contributed by atoms with Crippen LogP contribution in [0.15, 0.2) is 28.1 Å². The van der Waals surface area contributed by atoms with Gasteiger partial charge in [0.1, 0.15) is 0 Å². The predicted molar refractivity (Wildman–Crippen MR) is 93.3 cm³/mol. The van der Waals surface area contributed by atoms with Crippen LogP contribution >= 0.6 is 11.3 Å². The standard InChI is InChI=1S/C17H15F2N3O5S/c1-9-20-11(8-28-9)6-15(23)25-7-14-21-16(22-27-14)10-3-4-12(26-17(18)19)13(5-10)24-2/h3-5,8,17H,6-7H2,1-2H3. The first-order valence-corrected chi connectivity index (χ1v) is 8.85. The lowest BCUT2D eigenvalue weighted by Gasteiger charge is -2.10. The number of esters is 1. The third kappa shape index (κ3) is 5.00. The van der Waals surface area contributed by atoms with Crippen molar-refractivity contribution in [2.24, 2.45) is 0 Å². The molecule has 0 spiro atoms. The Balaban J connectivity index is 1.62. The molecule has 0 radical (unpaired) electrons. The van der Waals surface area contributed by atoms with Gasteiger partial charge in [0, 0.05) is 10.9 Å². The average molecular weight is 411 g/mol. The summed E-state index contributed by atoms with van der Waals surface area (Å²) in [6.07, 6.45) is 0.0497. The highest BCUT2D eigenvalue weighted by Gasteiger charge is 2.16.